The van der Waals surface area contributed by atoms with E-state index in [9.17, 15) is 0 Å². The lowest BCUT2D eigenvalue weighted by Gasteiger charge is -2.38. The van der Waals surface area contributed by atoms with Crippen LogP contribution in [0.4, 0.5) is 10.8 Å². The van der Waals surface area contributed by atoms with Crippen molar-refractivity contribution in [1.82, 2.24) is 4.37 Å². The first kappa shape index (κ1) is 10.2. The molecule has 0 bridgehead atoms. The summed E-state index contributed by atoms with van der Waals surface area (Å²) in [6.07, 6.45) is 3.83. The van der Waals surface area contributed by atoms with Gasteiger partial charge in [-0.2, -0.15) is 9.64 Å². The van der Waals surface area contributed by atoms with Crippen molar-refractivity contribution in [1.29, 1.82) is 5.26 Å². The van der Waals surface area contributed by atoms with E-state index in [0.29, 0.717) is 16.8 Å². The summed E-state index contributed by atoms with van der Waals surface area (Å²) in [7, 11) is 0. The first-order chi connectivity index (χ1) is 7.14. The van der Waals surface area contributed by atoms with Crippen LogP contribution in [0.3, 0.4) is 0 Å². The van der Waals surface area contributed by atoms with Gasteiger partial charge in [0.15, 0.2) is 5.82 Å². The molecule has 0 spiro atoms. The molecule has 0 unspecified atom stereocenters. The zero-order valence-corrected chi connectivity index (χ0v) is 9.52. The highest BCUT2D eigenvalue weighted by Gasteiger charge is 2.31. The monoisotopic (exact) mass is 222 g/mol. The summed E-state index contributed by atoms with van der Waals surface area (Å²) in [6.45, 7) is 3.17. The van der Waals surface area contributed by atoms with Gasteiger partial charge in [-0.1, -0.05) is 13.3 Å². The third-order valence-corrected chi connectivity index (χ3v) is 3.89. The molecule has 3 N–H and O–H groups in total. The smallest absolute Gasteiger partial charge is 0.157 e. The van der Waals surface area contributed by atoms with E-state index in [1.165, 1.54) is 30.8 Å². The number of hydrogen-bond acceptors (Lipinski definition) is 5. The Bertz CT molecular complexity index is 400. The standard InChI is InChI=1S/C10H14N4S/c1-10(3-2-4-10)6-13-9-7(5-11)8(12)14-15-9/h13H,2-4,6H2,1H3,(H2,12,14). The second kappa shape index (κ2) is 3.70. The van der Waals surface area contributed by atoms with E-state index in [-0.39, 0.29) is 0 Å². The van der Waals surface area contributed by atoms with Crippen LogP contribution < -0.4 is 11.1 Å². The van der Waals surface area contributed by atoms with Gasteiger partial charge in [-0.05, 0) is 29.8 Å². The Morgan fingerprint density at radius 3 is 2.93 bits per heavy atom. The van der Waals surface area contributed by atoms with Crippen LogP contribution in [0, 0.1) is 16.7 Å². The molecular formula is C10H14N4S. The van der Waals surface area contributed by atoms with E-state index in [4.69, 9.17) is 11.0 Å². The van der Waals surface area contributed by atoms with Crippen molar-refractivity contribution >= 4 is 22.4 Å². The second-order valence-corrected chi connectivity index (χ2v) is 5.17. The summed E-state index contributed by atoms with van der Waals surface area (Å²) in [5.41, 5.74) is 6.46. The number of aromatic nitrogens is 1. The zero-order chi connectivity index (χ0) is 10.9. The van der Waals surface area contributed by atoms with Crippen LogP contribution >= 0.6 is 11.5 Å². The summed E-state index contributed by atoms with van der Waals surface area (Å²) in [5.74, 6) is 0.337. The van der Waals surface area contributed by atoms with Crippen LogP contribution in [0.25, 0.3) is 0 Å². The highest BCUT2D eigenvalue weighted by Crippen LogP contribution is 2.40. The van der Waals surface area contributed by atoms with Crippen LogP contribution in [-0.4, -0.2) is 10.9 Å². The topological polar surface area (TPSA) is 74.7 Å². The van der Waals surface area contributed by atoms with E-state index < -0.39 is 0 Å². The van der Waals surface area contributed by atoms with Gasteiger partial charge >= 0.3 is 0 Å². The predicted octanol–water partition coefficient (Wildman–Crippen LogP) is 2.20. The van der Waals surface area contributed by atoms with Gasteiger partial charge in [0.1, 0.15) is 16.6 Å². The van der Waals surface area contributed by atoms with E-state index in [1.54, 1.807) is 0 Å². The molecule has 0 amide bonds. The van der Waals surface area contributed by atoms with Crippen molar-refractivity contribution < 1.29 is 0 Å². The normalized spacial score (nSPS) is 17.9. The molecule has 2 rings (SSSR count). The minimum Gasteiger partial charge on any atom is -0.382 e. The summed E-state index contributed by atoms with van der Waals surface area (Å²) >= 11 is 1.27. The number of nitrogens with one attached hydrogen (secondary N) is 1. The molecule has 1 saturated carbocycles. The average molecular weight is 222 g/mol. The summed E-state index contributed by atoms with van der Waals surface area (Å²) in [5, 5.41) is 13.0. The molecule has 0 radical (unpaired) electrons. The molecule has 1 fully saturated rings. The van der Waals surface area contributed by atoms with Crippen molar-refractivity contribution in [2.24, 2.45) is 5.41 Å². The number of nitrogen functional groups attached to an aromatic ring is 1. The Kier molecular flexibility index (Phi) is 2.53. The van der Waals surface area contributed by atoms with Crippen LogP contribution in [0.5, 0.6) is 0 Å². The molecule has 80 valence electrons. The van der Waals surface area contributed by atoms with E-state index >= 15 is 0 Å². The van der Waals surface area contributed by atoms with Crippen LogP contribution in [-0.2, 0) is 0 Å². The van der Waals surface area contributed by atoms with Crippen molar-refractivity contribution in [2.75, 3.05) is 17.6 Å². The van der Waals surface area contributed by atoms with Gasteiger partial charge in [-0.3, -0.25) is 0 Å². The van der Waals surface area contributed by atoms with Gasteiger partial charge in [0, 0.05) is 6.54 Å². The fourth-order valence-corrected chi connectivity index (χ4v) is 2.44. The molecule has 5 heteroatoms. The average Bonchev–Trinajstić information content (AvgIpc) is 2.53. The van der Waals surface area contributed by atoms with E-state index in [2.05, 4.69) is 22.7 Å². The second-order valence-electron chi connectivity index (χ2n) is 4.40. The maximum atomic E-state index is 8.89. The van der Waals surface area contributed by atoms with Gasteiger partial charge in [0.2, 0.25) is 0 Å². The molecule has 1 aromatic rings. The Balaban J connectivity index is 2.02. The third-order valence-electron chi connectivity index (χ3n) is 3.07. The molecule has 0 atom stereocenters. The van der Waals surface area contributed by atoms with Gasteiger partial charge in [-0.15, -0.1) is 0 Å². The molecular weight excluding hydrogens is 208 g/mol. The van der Waals surface area contributed by atoms with Crippen LogP contribution in [0.15, 0.2) is 0 Å². The number of nitrogens with two attached hydrogens (primary N) is 1. The van der Waals surface area contributed by atoms with E-state index in [1.807, 2.05) is 0 Å². The molecule has 1 aliphatic carbocycles. The maximum Gasteiger partial charge on any atom is 0.157 e. The fraction of sp³-hybridized carbons (Fsp3) is 0.600. The van der Waals surface area contributed by atoms with E-state index in [0.717, 1.165) is 11.5 Å². The minimum absolute atomic E-state index is 0.337. The van der Waals surface area contributed by atoms with Gasteiger partial charge in [-0.25, -0.2) is 0 Å². The zero-order valence-electron chi connectivity index (χ0n) is 8.71. The summed E-state index contributed by atoms with van der Waals surface area (Å²) < 4.78 is 3.97. The molecule has 15 heavy (non-hydrogen) atoms. The maximum absolute atomic E-state index is 8.89. The largest absolute Gasteiger partial charge is 0.382 e. The SMILES string of the molecule is CC1(CNc2snc(N)c2C#N)CCC1. The number of hydrogen-bond donors (Lipinski definition) is 2. The van der Waals surface area contributed by atoms with Gasteiger partial charge in [0.25, 0.3) is 0 Å². The number of anilines is 2. The number of rotatable bonds is 3. The third kappa shape index (κ3) is 1.90. The van der Waals surface area contributed by atoms with Crippen molar-refractivity contribution in [3.63, 3.8) is 0 Å². The summed E-state index contributed by atoms with van der Waals surface area (Å²) in [4.78, 5) is 0. The highest BCUT2D eigenvalue weighted by atomic mass is 32.1. The lowest BCUT2D eigenvalue weighted by Crippen LogP contribution is -2.33. The number of nitriles is 1. The Hall–Kier alpha value is -1.28. The quantitative estimate of drug-likeness (QED) is 0.822. The molecule has 4 nitrogen and oxygen atoms in total. The molecule has 1 heterocycles. The predicted molar refractivity (Wildman–Crippen MR) is 61.7 cm³/mol. The Labute approximate surface area is 93.3 Å². The fourth-order valence-electron chi connectivity index (χ4n) is 1.78. The highest BCUT2D eigenvalue weighted by molar-refractivity contribution is 7.10. The van der Waals surface area contributed by atoms with Gasteiger partial charge in [0.05, 0.1) is 0 Å². The molecule has 1 aliphatic rings. The van der Waals surface area contributed by atoms with Crippen LogP contribution in [0.1, 0.15) is 31.7 Å². The summed E-state index contributed by atoms with van der Waals surface area (Å²) in [6, 6.07) is 2.08. The van der Waals surface area contributed by atoms with Crippen molar-refractivity contribution in [2.45, 2.75) is 26.2 Å². The lowest BCUT2D eigenvalue weighted by molar-refractivity contribution is 0.180. The van der Waals surface area contributed by atoms with Gasteiger partial charge < -0.3 is 11.1 Å². The Morgan fingerprint density at radius 1 is 1.67 bits per heavy atom. The Morgan fingerprint density at radius 2 is 2.40 bits per heavy atom. The molecule has 0 saturated heterocycles. The first-order valence-electron chi connectivity index (χ1n) is 5.04. The van der Waals surface area contributed by atoms with Crippen molar-refractivity contribution in [3.8, 4) is 6.07 Å². The van der Waals surface area contributed by atoms with Crippen LogP contribution in [0.2, 0.25) is 0 Å². The molecule has 0 aliphatic heterocycles. The number of nitrogens with zero attached hydrogens (tertiary/aromatic N) is 2. The lowest BCUT2D eigenvalue weighted by atomic mass is 9.70. The van der Waals surface area contributed by atoms with Crippen molar-refractivity contribution in [3.05, 3.63) is 5.56 Å². The molecule has 1 aromatic heterocycles. The first-order valence-corrected chi connectivity index (χ1v) is 5.81. The molecule has 0 aromatic carbocycles. The minimum atomic E-state index is 0.337.